The maximum atomic E-state index is 12.5. The molecule has 0 unspecified atom stereocenters. The summed E-state index contributed by atoms with van der Waals surface area (Å²) in [7, 11) is 0. The highest BCUT2D eigenvalue weighted by atomic mass is 35.5. The quantitative estimate of drug-likeness (QED) is 0.455. The highest BCUT2D eigenvalue weighted by Crippen LogP contribution is 2.41. The molecule has 1 N–H and O–H groups in total. The predicted octanol–water partition coefficient (Wildman–Crippen LogP) is 7.42. The lowest BCUT2D eigenvalue weighted by atomic mass is 10.2. The molecular formula is C15H6Cl5NOS. The number of fused-ring (bicyclic) bond motifs is 1. The van der Waals surface area contributed by atoms with Gasteiger partial charge in [-0.3, -0.25) is 4.79 Å². The van der Waals surface area contributed by atoms with Crippen molar-refractivity contribution >= 4 is 91.0 Å². The van der Waals surface area contributed by atoms with Crippen molar-refractivity contribution < 1.29 is 4.79 Å². The van der Waals surface area contributed by atoms with E-state index in [0.29, 0.717) is 36.0 Å². The van der Waals surface area contributed by atoms with Crippen LogP contribution in [0.4, 0.5) is 5.69 Å². The first-order valence-corrected chi connectivity index (χ1v) is 8.90. The third-order valence-electron chi connectivity index (χ3n) is 2.98. The number of amides is 1. The minimum Gasteiger partial charge on any atom is -0.321 e. The summed E-state index contributed by atoms with van der Waals surface area (Å²) in [5.74, 6) is -0.373. The predicted molar refractivity (Wildman–Crippen MR) is 101 cm³/mol. The Morgan fingerprint density at radius 2 is 1.48 bits per heavy atom. The van der Waals surface area contributed by atoms with Gasteiger partial charge in [-0.1, -0.05) is 58.0 Å². The SMILES string of the molecule is O=C(Nc1cc(Cl)cc(Cl)c1)c1sc2cc(Cl)cc(Cl)c2c1Cl. The fourth-order valence-electron chi connectivity index (χ4n) is 2.07. The minimum atomic E-state index is -0.373. The van der Waals surface area contributed by atoms with Crippen LogP contribution in [0.25, 0.3) is 10.1 Å². The lowest BCUT2D eigenvalue weighted by Crippen LogP contribution is -2.10. The van der Waals surface area contributed by atoms with Gasteiger partial charge in [0, 0.05) is 30.8 Å². The number of benzene rings is 2. The Labute approximate surface area is 160 Å². The summed E-state index contributed by atoms with van der Waals surface area (Å²) in [5.41, 5.74) is 0.477. The van der Waals surface area contributed by atoms with Gasteiger partial charge >= 0.3 is 0 Å². The maximum Gasteiger partial charge on any atom is 0.267 e. The molecule has 0 atom stereocenters. The number of hydrogen-bond acceptors (Lipinski definition) is 2. The van der Waals surface area contributed by atoms with Crippen molar-refractivity contribution in [2.45, 2.75) is 0 Å². The summed E-state index contributed by atoms with van der Waals surface area (Å²) in [6.45, 7) is 0. The first-order valence-electron chi connectivity index (χ1n) is 6.19. The normalized spacial score (nSPS) is 11.0. The second-order valence-electron chi connectivity index (χ2n) is 4.62. The zero-order valence-corrected chi connectivity index (χ0v) is 15.7. The van der Waals surface area contributed by atoms with E-state index in [4.69, 9.17) is 58.0 Å². The standard InChI is InChI=1S/C15H6Cl5NOS/c16-6-1-7(17)3-9(2-6)21-15(22)14-13(20)12-10(19)4-8(18)5-11(12)23-14/h1-5H,(H,21,22). The molecule has 1 aromatic heterocycles. The summed E-state index contributed by atoms with van der Waals surface area (Å²) in [4.78, 5) is 12.8. The monoisotopic (exact) mass is 423 g/mol. The molecule has 0 aliphatic rings. The van der Waals surface area contributed by atoms with Crippen molar-refractivity contribution in [3.8, 4) is 0 Å². The highest BCUT2D eigenvalue weighted by Gasteiger charge is 2.20. The van der Waals surface area contributed by atoms with Gasteiger partial charge in [-0.2, -0.15) is 0 Å². The van der Waals surface area contributed by atoms with Gasteiger partial charge in [0.25, 0.3) is 5.91 Å². The van der Waals surface area contributed by atoms with E-state index in [9.17, 15) is 4.79 Å². The lowest BCUT2D eigenvalue weighted by molar-refractivity contribution is 0.103. The summed E-state index contributed by atoms with van der Waals surface area (Å²) in [6.07, 6.45) is 0. The molecule has 2 nitrogen and oxygen atoms in total. The average molecular weight is 426 g/mol. The molecule has 0 saturated heterocycles. The van der Waals surface area contributed by atoms with Gasteiger partial charge in [-0.05, 0) is 30.3 Å². The maximum absolute atomic E-state index is 12.5. The van der Waals surface area contributed by atoms with Crippen LogP contribution < -0.4 is 5.32 Å². The van der Waals surface area contributed by atoms with Crippen LogP contribution in [0.2, 0.25) is 25.1 Å². The molecular weight excluding hydrogens is 420 g/mol. The molecule has 3 rings (SSSR count). The molecule has 1 amide bonds. The molecule has 1 heterocycles. The molecule has 0 fully saturated rings. The van der Waals surface area contributed by atoms with Crippen LogP contribution in [-0.4, -0.2) is 5.91 Å². The smallest absolute Gasteiger partial charge is 0.267 e. The van der Waals surface area contributed by atoms with Crippen molar-refractivity contribution in [1.82, 2.24) is 0 Å². The summed E-state index contributed by atoms with van der Waals surface area (Å²) in [6, 6.07) is 8.06. The van der Waals surface area contributed by atoms with Gasteiger partial charge in [0.2, 0.25) is 0 Å². The second-order valence-corrected chi connectivity index (χ2v) is 7.76. The van der Waals surface area contributed by atoms with Crippen molar-refractivity contribution in [1.29, 1.82) is 0 Å². The van der Waals surface area contributed by atoms with Gasteiger partial charge in [0.1, 0.15) is 4.88 Å². The van der Waals surface area contributed by atoms with Crippen LogP contribution in [-0.2, 0) is 0 Å². The highest BCUT2D eigenvalue weighted by molar-refractivity contribution is 7.21. The van der Waals surface area contributed by atoms with Crippen LogP contribution in [0.15, 0.2) is 30.3 Å². The molecule has 8 heteroatoms. The lowest BCUT2D eigenvalue weighted by Gasteiger charge is -2.05. The summed E-state index contributed by atoms with van der Waals surface area (Å²) < 4.78 is 0.738. The van der Waals surface area contributed by atoms with Crippen LogP contribution in [0.5, 0.6) is 0 Å². The molecule has 0 aliphatic carbocycles. The number of thiophene rings is 1. The molecule has 2 aromatic carbocycles. The average Bonchev–Trinajstić information content (AvgIpc) is 2.74. The minimum absolute atomic E-state index is 0.289. The van der Waals surface area contributed by atoms with E-state index in [1.807, 2.05) is 0 Å². The molecule has 23 heavy (non-hydrogen) atoms. The first kappa shape index (κ1) is 17.2. The Bertz CT molecular complexity index is 917. The summed E-state index contributed by atoms with van der Waals surface area (Å²) in [5, 5.41) is 5.34. The van der Waals surface area contributed by atoms with E-state index < -0.39 is 0 Å². The van der Waals surface area contributed by atoms with Crippen molar-refractivity contribution in [2.75, 3.05) is 5.32 Å². The largest absolute Gasteiger partial charge is 0.321 e. The van der Waals surface area contributed by atoms with Crippen molar-refractivity contribution in [3.05, 3.63) is 60.3 Å². The van der Waals surface area contributed by atoms with E-state index in [2.05, 4.69) is 5.32 Å². The van der Waals surface area contributed by atoms with E-state index in [1.54, 1.807) is 30.3 Å². The van der Waals surface area contributed by atoms with E-state index >= 15 is 0 Å². The number of rotatable bonds is 2. The molecule has 0 saturated carbocycles. The molecule has 0 radical (unpaired) electrons. The number of hydrogen-bond donors (Lipinski definition) is 1. The van der Waals surface area contributed by atoms with E-state index in [0.717, 1.165) is 4.70 Å². The van der Waals surface area contributed by atoms with Crippen molar-refractivity contribution in [3.63, 3.8) is 0 Å². The van der Waals surface area contributed by atoms with Gasteiger partial charge in [-0.15, -0.1) is 11.3 Å². The number of carbonyl (C=O) groups is 1. The number of anilines is 1. The third kappa shape index (κ3) is 3.55. The second kappa shape index (κ2) is 6.67. The zero-order chi connectivity index (χ0) is 16.7. The van der Waals surface area contributed by atoms with E-state index in [1.165, 1.54) is 11.3 Å². The number of nitrogens with one attached hydrogen (secondary N) is 1. The Balaban J connectivity index is 2.01. The molecule has 0 aliphatic heterocycles. The Kier molecular flexibility index (Phi) is 4.98. The van der Waals surface area contributed by atoms with Crippen molar-refractivity contribution in [2.24, 2.45) is 0 Å². The van der Waals surface area contributed by atoms with Crippen LogP contribution >= 0.6 is 69.3 Å². The topological polar surface area (TPSA) is 29.1 Å². The van der Waals surface area contributed by atoms with Gasteiger partial charge in [0.15, 0.2) is 0 Å². The third-order valence-corrected chi connectivity index (χ3v) is 5.55. The molecule has 3 aromatic rings. The Morgan fingerprint density at radius 1 is 0.870 bits per heavy atom. The van der Waals surface area contributed by atoms with Crippen LogP contribution in [0.3, 0.4) is 0 Å². The molecule has 0 spiro atoms. The Hall–Kier alpha value is -0.680. The summed E-state index contributed by atoms with van der Waals surface area (Å²) >= 11 is 31.5. The fourth-order valence-corrected chi connectivity index (χ4v) is 4.87. The van der Waals surface area contributed by atoms with Gasteiger partial charge in [0.05, 0.1) is 10.0 Å². The fraction of sp³-hybridized carbons (Fsp3) is 0. The molecule has 118 valence electrons. The number of carbonyl (C=O) groups excluding carboxylic acids is 1. The van der Waals surface area contributed by atoms with Gasteiger partial charge < -0.3 is 5.32 Å². The first-order chi connectivity index (χ1) is 10.8. The van der Waals surface area contributed by atoms with E-state index in [-0.39, 0.29) is 10.9 Å². The van der Waals surface area contributed by atoms with Crippen LogP contribution in [0.1, 0.15) is 9.67 Å². The van der Waals surface area contributed by atoms with Gasteiger partial charge in [-0.25, -0.2) is 0 Å². The molecule has 0 bridgehead atoms. The Morgan fingerprint density at radius 3 is 2.13 bits per heavy atom. The zero-order valence-electron chi connectivity index (χ0n) is 11.1. The van der Waals surface area contributed by atoms with Crippen LogP contribution in [0, 0.1) is 0 Å². The number of halogens is 5.